The van der Waals surface area contributed by atoms with Gasteiger partial charge in [-0.3, -0.25) is 4.99 Å². The highest BCUT2D eigenvalue weighted by Gasteiger charge is 2.15. The molecule has 0 bridgehead atoms. The molecule has 4 N–H and O–H groups in total. The summed E-state index contributed by atoms with van der Waals surface area (Å²) in [4.78, 5) is 5.04. The van der Waals surface area contributed by atoms with Crippen LogP contribution < -0.4 is 20.5 Å². The lowest BCUT2D eigenvalue weighted by Crippen LogP contribution is -2.36. The number of ether oxygens (including phenoxy) is 1. The number of nitrogens with zero attached hydrogens (tertiary/aromatic N) is 1. The summed E-state index contributed by atoms with van der Waals surface area (Å²) in [6, 6.07) is 11.1. The molecule has 2 rings (SSSR count). The predicted molar refractivity (Wildman–Crippen MR) is 125 cm³/mol. The number of thiophene rings is 1. The number of hydrogen-bond acceptors (Lipinski definition) is 5. The van der Waals surface area contributed by atoms with E-state index in [1.54, 1.807) is 13.1 Å². The zero-order valence-corrected chi connectivity index (χ0v) is 20.3. The Hall–Kier alpha value is -1.37. The molecule has 2 aromatic rings. The smallest absolute Gasteiger partial charge is 0.247 e. The summed E-state index contributed by atoms with van der Waals surface area (Å²) >= 11 is 1.14. The first kappa shape index (κ1) is 24.7. The third kappa shape index (κ3) is 7.94. The van der Waals surface area contributed by atoms with Crippen molar-refractivity contribution in [1.29, 1.82) is 0 Å². The number of halogens is 1. The van der Waals surface area contributed by atoms with Crippen LogP contribution in [-0.2, 0) is 23.1 Å². The van der Waals surface area contributed by atoms with Crippen molar-refractivity contribution in [2.75, 3.05) is 7.05 Å². The Morgan fingerprint density at radius 1 is 1.14 bits per heavy atom. The van der Waals surface area contributed by atoms with Gasteiger partial charge in [-0.15, -0.1) is 35.3 Å². The van der Waals surface area contributed by atoms with Crippen LogP contribution in [0.25, 0.3) is 0 Å². The Morgan fingerprint density at radius 3 is 2.36 bits per heavy atom. The first-order valence-electron chi connectivity index (χ1n) is 8.41. The van der Waals surface area contributed by atoms with Crippen molar-refractivity contribution in [3.8, 4) is 5.75 Å². The van der Waals surface area contributed by atoms with Gasteiger partial charge >= 0.3 is 0 Å². The molecule has 0 amide bonds. The van der Waals surface area contributed by atoms with Crippen molar-refractivity contribution in [2.45, 2.75) is 43.7 Å². The number of sulfonamides is 1. The quantitative estimate of drug-likeness (QED) is 0.298. The maximum Gasteiger partial charge on any atom is 0.247 e. The summed E-state index contributed by atoms with van der Waals surface area (Å²) in [5, 5.41) is 11.5. The van der Waals surface area contributed by atoms with Crippen LogP contribution in [0.5, 0.6) is 5.75 Å². The predicted octanol–water partition coefficient (Wildman–Crippen LogP) is 3.06. The lowest BCUT2D eigenvalue weighted by molar-refractivity contribution is 0.129. The molecule has 28 heavy (non-hydrogen) atoms. The van der Waals surface area contributed by atoms with E-state index in [0.29, 0.717) is 19.0 Å². The summed E-state index contributed by atoms with van der Waals surface area (Å²) in [5.41, 5.74) is 0.735. The second-order valence-corrected chi connectivity index (χ2v) is 9.82. The second kappa shape index (κ2) is 10.4. The molecule has 0 radical (unpaired) electrons. The molecule has 10 heteroatoms. The Balaban J connectivity index is 0.00000392. The topological polar surface area (TPSA) is 106 Å². The van der Waals surface area contributed by atoms with Gasteiger partial charge in [-0.1, -0.05) is 18.2 Å². The fraction of sp³-hybridized carbons (Fsp3) is 0.389. The number of guanidine groups is 1. The maximum absolute atomic E-state index is 11.4. The zero-order valence-electron chi connectivity index (χ0n) is 16.4. The molecule has 0 atom stereocenters. The lowest BCUT2D eigenvalue weighted by atomic mass is 10.1. The number of nitrogens with two attached hydrogens (primary N) is 1. The van der Waals surface area contributed by atoms with Crippen LogP contribution in [0.3, 0.4) is 0 Å². The first-order valence-corrected chi connectivity index (χ1v) is 10.8. The van der Waals surface area contributed by atoms with Crippen LogP contribution in [0.1, 0.15) is 31.2 Å². The van der Waals surface area contributed by atoms with Gasteiger partial charge in [0.15, 0.2) is 5.96 Å². The zero-order chi connectivity index (χ0) is 20.1. The molecule has 0 saturated carbocycles. The van der Waals surface area contributed by atoms with Crippen LogP contribution in [0.2, 0.25) is 0 Å². The van der Waals surface area contributed by atoms with E-state index in [4.69, 9.17) is 9.88 Å². The van der Waals surface area contributed by atoms with Gasteiger partial charge in [-0.05, 0) is 39.0 Å². The average molecular weight is 538 g/mol. The molecule has 7 nitrogen and oxygen atoms in total. The van der Waals surface area contributed by atoms with E-state index in [1.807, 2.05) is 45.0 Å². The third-order valence-electron chi connectivity index (χ3n) is 3.41. The molecule has 0 aliphatic carbocycles. The fourth-order valence-corrected chi connectivity index (χ4v) is 3.97. The van der Waals surface area contributed by atoms with Crippen molar-refractivity contribution < 1.29 is 13.2 Å². The van der Waals surface area contributed by atoms with E-state index < -0.39 is 10.0 Å². The largest absolute Gasteiger partial charge is 0.488 e. The van der Waals surface area contributed by atoms with Crippen molar-refractivity contribution in [3.63, 3.8) is 0 Å². The van der Waals surface area contributed by atoms with Crippen LogP contribution in [0, 0.1) is 0 Å². The molecule has 0 fully saturated rings. The highest BCUT2D eigenvalue weighted by atomic mass is 127. The Labute approximate surface area is 187 Å². The minimum Gasteiger partial charge on any atom is -0.488 e. The minimum absolute atomic E-state index is 0. The number of rotatable bonds is 6. The molecule has 0 unspecified atom stereocenters. The van der Waals surface area contributed by atoms with E-state index >= 15 is 0 Å². The number of aliphatic imine (C=N–C) groups is 1. The third-order valence-corrected chi connectivity index (χ3v) is 5.93. The summed E-state index contributed by atoms with van der Waals surface area (Å²) in [5.74, 6) is 1.43. The molecule has 0 aliphatic rings. The fourth-order valence-electron chi connectivity index (χ4n) is 2.26. The number of nitrogens with one attached hydrogen (secondary N) is 2. The summed E-state index contributed by atoms with van der Waals surface area (Å²) in [6.07, 6.45) is 0. The molecular weight excluding hydrogens is 511 g/mol. The standard InChI is InChI=1S/C18H26N4O3S2.HI/c1-18(2,3)25-15-8-6-5-7-13(15)11-21-17(20-4)22-12-14-9-10-16(26-14)27(19,23)24;/h5-10H,11-12H2,1-4H3,(H2,19,23,24)(H2,20,21,22);1H. The lowest BCUT2D eigenvalue weighted by Gasteiger charge is -2.23. The maximum atomic E-state index is 11.4. The van der Waals surface area contributed by atoms with E-state index in [0.717, 1.165) is 27.5 Å². The van der Waals surface area contributed by atoms with Gasteiger partial charge in [0.05, 0.1) is 6.54 Å². The SMILES string of the molecule is CN=C(NCc1ccc(S(N)(=O)=O)s1)NCc1ccccc1OC(C)(C)C.I. The van der Waals surface area contributed by atoms with Crippen molar-refractivity contribution in [1.82, 2.24) is 10.6 Å². The Morgan fingerprint density at radius 2 is 1.79 bits per heavy atom. The van der Waals surface area contributed by atoms with Crippen LogP contribution >= 0.6 is 35.3 Å². The molecule has 1 heterocycles. The Kier molecular flexibility index (Phi) is 9.18. The van der Waals surface area contributed by atoms with Gasteiger partial charge in [0.1, 0.15) is 15.6 Å². The number of primary sulfonamides is 1. The van der Waals surface area contributed by atoms with Gasteiger partial charge in [0.2, 0.25) is 10.0 Å². The van der Waals surface area contributed by atoms with Crippen LogP contribution in [-0.4, -0.2) is 27.0 Å². The second-order valence-electron chi connectivity index (χ2n) is 6.87. The van der Waals surface area contributed by atoms with Crippen molar-refractivity contribution >= 4 is 51.3 Å². The molecule has 1 aromatic heterocycles. The van der Waals surface area contributed by atoms with E-state index in [-0.39, 0.29) is 33.8 Å². The van der Waals surface area contributed by atoms with Crippen molar-refractivity contribution in [3.05, 3.63) is 46.8 Å². The number of hydrogen-bond donors (Lipinski definition) is 3. The monoisotopic (exact) mass is 538 g/mol. The molecule has 1 aromatic carbocycles. The first-order chi connectivity index (χ1) is 12.6. The van der Waals surface area contributed by atoms with Gasteiger partial charge in [0, 0.05) is 24.0 Å². The van der Waals surface area contributed by atoms with Crippen LogP contribution in [0.15, 0.2) is 45.6 Å². The summed E-state index contributed by atoms with van der Waals surface area (Å²) < 4.78 is 28.8. The van der Waals surface area contributed by atoms with E-state index in [1.165, 1.54) is 6.07 Å². The molecule has 156 valence electrons. The van der Waals surface area contributed by atoms with Gasteiger partial charge in [0.25, 0.3) is 0 Å². The molecule has 0 aliphatic heterocycles. The summed E-state index contributed by atoms with van der Waals surface area (Å²) in [6.45, 7) is 7.01. The number of para-hydroxylation sites is 1. The molecule has 0 spiro atoms. The average Bonchev–Trinajstić information content (AvgIpc) is 3.04. The summed E-state index contributed by atoms with van der Waals surface area (Å²) in [7, 11) is -1.98. The highest BCUT2D eigenvalue weighted by Crippen LogP contribution is 2.23. The van der Waals surface area contributed by atoms with Gasteiger partial charge in [-0.25, -0.2) is 13.6 Å². The van der Waals surface area contributed by atoms with Crippen molar-refractivity contribution in [2.24, 2.45) is 10.1 Å². The van der Waals surface area contributed by atoms with E-state index in [2.05, 4.69) is 15.6 Å². The number of benzene rings is 1. The van der Waals surface area contributed by atoms with Gasteiger partial charge in [-0.2, -0.15) is 0 Å². The molecular formula is C18H27IN4O3S2. The Bertz CT molecular complexity index is 906. The van der Waals surface area contributed by atoms with Gasteiger partial charge < -0.3 is 15.4 Å². The minimum atomic E-state index is -3.66. The molecule has 0 saturated heterocycles. The highest BCUT2D eigenvalue weighted by molar-refractivity contribution is 14.0. The normalized spacial score (nSPS) is 12.2. The van der Waals surface area contributed by atoms with E-state index in [9.17, 15) is 8.42 Å². The van der Waals surface area contributed by atoms with Crippen LogP contribution in [0.4, 0.5) is 0 Å².